The first-order chi connectivity index (χ1) is 16.6. The Morgan fingerprint density at radius 3 is 2.38 bits per heavy atom. The van der Waals surface area contributed by atoms with Gasteiger partial charge < -0.3 is 15.4 Å². The number of carbonyl (C=O) groups excluding carboxylic acids is 1. The molecule has 0 saturated carbocycles. The zero-order valence-electron chi connectivity index (χ0n) is 17.8. The first-order valence-corrected chi connectivity index (χ1v) is 10.4. The molecule has 2 amide bonds. The van der Waals surface area contributed by atoms with E-state index >= 15 is 0 Å². The van der Waals surface area contributed by atoms with Gasteiger partial charge in [-0.15, -0.1) is 0 Å². The Kier molecular flexibility index (Phi) is 5.77. The van der Waals surface area contributed by atoms with Gasteiger partial charge in [0.1, 0.15) is 17.3 Å². The normalized spacial score (nSPS) is 10.6. The Morgan fingerprint density at radius 2 is 1.59 bits per heavy atom. The van der Waals surface area contributed by atoms with Crippen LogP contribution in [0, 0.1) is 5.82 Å². The van der Waals surface area contributed by atoms with Crippen LogP contribution in [0.4, 0.5) is 20.6 Å². The highest BCUT2D eigenvalue weighted by molar-refractivity contribution is 5.99. The summed E-state index contributed by atoms with van der Waals surface area (Å²) in [5.74, 6) is 0.673. The van der Waals surface area contributed by atoms with Crippen molar-refractivity contribution in [3.63, 3.8) is 0 Å². The van der Waals surface area contributed by atoms with Crippen molar-refractivity contribution in [1.82, 2.24) is 15.0 Å². The number of nitrogens with one attached hydrogen (secondary N) is 2. The molecular weight excluding hydrogens is 433 g/mol. The van der Waals surface area contributed by atoms with Gasteiger partial charge in [0.05, 0.1) is 22.9 Å². The van der Waals surface area contributed by atoms with Crippen LogP contribution in [0.5, 0.6) is 11.5 Å². The minimum atomic E-state index is -0.494. The highest BCUT2D eigenvalue weighted by Crippen LogP contribution is 2.27. The number of benzene rings is 3. The van der Waals surface area contributed by atoms with E-state index in [9.17, 15) is 9.18 Å². The number of rotatable bonds is 5. The maximum atomic E-state index is 13.3. The highest BCUT2D eigenvalue weighted by atomic mass is 19.1. The number of halogens is 1. The van der Waals surface area contributed by atoms with Gasteiger partial charge in [-0.3, -0.25) is 9.97 Å². The second-order valence-electron chi connectivity index (χ2n) is 7.37. The molecule has 34 heavy (non-hydrogen) atoms. The molecule has 7 nitrogen and oxygen atoms in total. The van der Waals surface area contributed by atoms with Gasteiger partial charge >= 0.3 is 6.03 Å². The average Bonchev–Trinajstić information content (AvgIpc) is 2.84. The van der Waals surface area contributed by atoms with Crippen LogP contribution in [0.25, 0.3) is 22.3 Å². The third kappa shape index (κ3) is 4.97. The molecule has 5 rings (SSSR count). The predicted octanol–water partition coefficient (Wildman–Crippen LogP) is 6.27. The van der Waals surface area contributed by atoms with Crippen molar-refractivity contribution >= 4 is 28.4 Å². The van der Waals surface area contributed by atoms with E-state index < -0.39 is 11.8 Å². The minimum Gasteiger partial charge on any atom is -0.457 e. The second-order valence-corrected chi connectivity index (χ2v) is 7.37. The Morgan fingerprint density at radius 1 is 0.794 bits per heavy atom. The van der Waals surface area contributed by atoms with Crippen molar-refractivity contribution in [2.75, 3.05) is 10.6 Å². The average molecular weight is 451 g/mol. The van der Waals surface area contributed by atoms with Gasteiger partial charge in [0, 0.05) is 41.5 Å². The van der Waals surface area contributed by atoms with Crippen LogP contribution in [-0.4, -0.2) is 21.0 Å². The lowest BCUT2D eigenvalue weighted by Crippen LogP contribution is -2.19. The quantitative estimate of drug-likeness (QED) is 0.329. The summed E-state index contributed by atoms with van der Waals surface area (Å²) in [5, 5.41) is 5.30. The van der Waals surface area contributed by atoms with Crippen molar-refractivity contribution < 1.29 is 13.9 Å². The van der Waals surface area contributed by atoms with E-state index in [-0.39, 0.29) is 0 Å². The van der Waals surface area contributed by atoms with Gasteiger partial charge in [-0.1, -0.05) is 12.1 Å². The van der Waals surface area contributed by atoms with E-state index in [1.165, 1.54) is 18.2 Å². The molecule has 166 valence electrons. The molecule has 0 spiro atoms. The summed E-state index contributed by atoms with van der Waals surface area (Å²) in [6.45, 7) is 0. The summed E-state index contributed by atoms with van der Waals surface area (Å²) in [6, 6.07) is 21.3. The molecule has 0 radical (unpaired) electrons. The molecule has 2 heterocycles. The summed E-state index contributed by atoms with van der Waals surface area (Å²) in [5.41, 5.74) is 3.89. The highest BCUT2D eigenvalue weighted by Gasteiger charge is 2.07. The fourth-order valence-corrected chi connectivity index (χ4v) is 3.34. The summed E-state index contributed by atoms with van der Waals surface area (Å²) in [7, 11) is 0. The Balaban J connectivity index is 1.31. The van der Waals surface area contributed by atoms with E-state index in [2.05, 4.69) is 25.6 Å². The predicted molar refractivity (Wildman–Crippen MR) is 128 cm³/mol. The number of anilines is 2. The molecular formula is C26H18FN5O2. The molecule has 2 aromatic heterocycles. The first-order valence-electron chi connectivity index (χ1n) is 10.4. The smallest absolute Gasteiger partial charge is 0.323 e. The summed E-state index contributed by atoms with van der Waals surface area (Å²) in [4.78, 5) is 25.5. The van der Waals surface area contributed by atoms with E-state index in [1.54, 1.807) is 61.1 Å². The standard InChI is InChI=1S/C26H18FN5O2/c27-18-5-1-6-19(12-18)30-26(33)31-20-7-2-8-21(13-20)34-22-9-10-23-24(14-22)32-25(16-29-23)17-4-3-11-28-15-17/h1-16H,(H2,30,31,33). The number of urea groups is 1. The molecule has 2 N–H and O–H groups in total. The number of aromatic nitrogens is 3. The molecule has 3 aromatic carbocycles. The molecule has 0 aliphatic carbocycles. The van der Waals surface area contributed by atoms with Crippen LogP contribution in [0.1, 0.15) is 0 Å². The molecule has 5 aromatic rings. The van der Waals surface area contributed by atoms with Gasteiger partial charge in [0.25, 0.3) is 0 Å². The second kappa shape index (κ2) is 9.33. The number of carbonyl (C=O) groups is 1. The maximum Gasteiger partial charge on any atom is 0.323 e. The van der Waals surface area contributed by atoms with Crippen molar-refractivity contribution in [2.24, 2.45) is 0 Å². The summed E-state index contributed by atoms with van der Waals surface area (Å²) < 4.78 is 19.3. The van der Waals surface area contributed by atoms with Crippen LogP contribution in [-0.2, 0) is 0 Å². The largest absolute Gasteiger partial charge is 0.457 e. The van der Waals surface area contributed by atoms with Crippen LogP contribution >= 0.6 is 0 Å². The third-order valence-electron chi connectivity index (χ3n) is 4.88. The molecule has 8 heteroatoms. The van der Waals surface area contributed by atoms with Crippen LogP contribution in [0.2, 0.25) is 0 Å². The Bertz CT molecular complexity index is 1480. The fraction of sp³-hybridized carbons (Fsp3) is 0. The molecule has 0 atom stereocenters. The molecule has 0 saturated heterocycles. The lowest BCUT2D eigenvalue weighted by molar-refractivity contribution is 0.262. The van der Waals surface area contributed by atoms with E-state index in [0.717, 1.165) is 11.1 Å². The summed E-state index contributed by atoms with van der Waals surface area (Å²) >= 11 is 0. The maximum absolute atomic E-state index is 13.3. The molecule has 0 aliphatic rings. The number of ether oxygens (including phenoxy) is 1. The zero-order chi connectivity index (χ0) is 23.3. The van der Waals surface area contributed by atoms with Gasteiger partial charge in [0.2, 0.25) is 0 Å². The van der Waals surface area contributed by atoms with Crippen molar-refractivity contribution in [1.29, 1.82) is 0 Å². The first kappa shape index (κ1) is 21.0. The van der Waals surface area contributed by atoms with Gasteiger partial charge in [-0.2, -0.15) is 0 Å². The van der Waals surface area contributed by atoms with E-state index in [1.807, 2.05) is 18.2 Å². The minimum absolute atomic E-state index is 0.354. The van der Waals surface area contributed by atoms with Crippen molar-refractivity contribution in [3.8, 4) is 22.8 Å². The van der Waals surface area contributed by atoms with Crippen molar-refractivity contribution in [3.05, 3.63) is 103 Å². The van der Waals surface area contributed by atoms with Gasteiger partial charge in [-0.05, 0) is 54.6 Å². The monoisotopic (exact) mass is 451 g/mol. The lowest BCUT2D eigenvalue weighted by Gasteiger charge is -2.10. The molecule has 0 unspecified atom stereocenters. The number of pyridine rings is 1. The number of hydrogen-bond acceptors (Lipinski definition) is 5. The van der Waals surface area contributed by atoms with E-state index in [0.29, 0.717) is 34.1 Å². The topological polar surface area (TPSA) is 89.0 Å². The SMILES string of the molecule is O=C(Nc1cccc(F)c1)Nc1cccc(Oc2ccc3ncc(-c4cccnc4)nc3c2)c1. The lowest BCUT2D eigenvalue weighted by atomic mass is 10.2. The number of nitrogens with zero attached hydrogens (tertiary/aromatic N) is 3. The Labute approximate surface area is 194 Å². The summed E-state index contributed by atoms with van der Waals surface area (Å²) in [6.07, 6.45) is 5.15. The van der Waals surface area contributed by atoms with E-state index in [4.69, 9.17) is 4.74 Å². The van der Waals surface area contributed by atoms with Gasteiger partial charge in [0.15, 0.2) is 0 Å². The number of hydrogen-bond donors (Lipinski definition) is 2. The molecule has 0 fully saturated rings. The third-order valence-corrected chi connectivity index (χ3v) is 4.88. The van der Waals surface area contributed by atoms with Gasteiger partial charge in [-0.25, -0.2) is 14.2 Å². The van der Waals surface area contributed by atoms with Crippen molar-refractivity contribution in [2.45, 2.75) is 0 Å². The van der Waals surface area contributed by atoms with Crippen LogP contribution in [0.3, 0.4) is 0 Å². The zero-order valence-corrected chi connectivity index (χ0v) is 17.8. The van der Waals surface area contributed by atoms with Crippen LogP contribution < -0.4 is 15.4 Å². The fourth-order valence-electron chi connectivity index (χ4n) is 3.34. The van der Waals surface area contributed by atoms with Crippen LogP contribution in [0.15, 0.2) is 97.5 Å². The molecule has 0 bridgehead atoms. The number of amides is 2. The number of fused-ring (bicyclic) bond motifs is 1. The molecule has 0 aliphatic heterocycles. The Hall–Kier alpha value is -4.85.